The van der Waals surface area contributed by atoms with Gasteiger partial charge in [0, 0.05) is 54.2 Å². The molecule has 33 heteroatoms. The van der Waals surface area contributed by atoms with Crippen molar-refractivity contribution in [3.63, 3.8) is 0 Å². The smallest absolute Gasteiger partial charge is 0.152 e. The number of hydrogen-bond donors (Lipinski definition) is 8. The molecule has 118 heavy (non-hydrogen) atoms. The molecule has 0 aliphatic carbocycles. The Morgan fingerprint density at radius 1 is 0.441 bits per heavy atom. The molecule has 14 N–H and O–H groups in total. The van der Waals surface area contributed by atoms with Crippen molar-refractivity contribution in [3.05, 3.63) is 120 Å². The molecular weight excluding hydrogens is 1510 g/mol. The fraction of sp³-hybridized carbons (Fsp3) is 0.412. The van der Waals surface area contributed by atoms with Crippen LogP contribution in [0, 0.1) is 0 Å². The molecule has 0 unspecified atom stereocenters. The van der Waals surface area contributed by atoms with Crippen LogP contribution in [0.4, 0.5) is 29.1 Å². The molecular formula is C85H107N21O12. The number of pyridine rings is 5. The predicted molar refractivity (Wildman–Crippen MR) is 460 cm³/mol. The van der Waals surface area contributed by atoms with Gasteiger partial charge in [0.05, 0.1) is 119 Å². The fourth-order valence-corrected chi connectivity index (χ4v) is 14.5. The molecule has 1 atom stereocenters. The Labute approximate surface area is 681 Å². The second-order valence-corrected chi connectivity index (χ2v) is 29.8. The summed E-state index contributed by atoms with van der Waals surface area (Å²) in [5, 5.41) is 25.3. The average Bonchev–Trinajstić information content (AvgIpc) is 1.58. The zero-order chi connectivity index (χ0) is 84.0. The molecule has 624 valence electrons. The van der Waals surface area contributed by atoms with E-state index in [-0.39, 0.29) is 18.8 Å². The Bertz CT molecular complexity index is 6140. The SMILES string of the molecule is CCOCc1nc2c(N)nc3cccc(OC(C)C)c3c2n1C.CCOCc1nc2c(N)nc3cccc(OCC(C)(C)O)c3c2n1C.CCOCc1nc2c(N)nc3cccc(OCCCN)c3c2n1C.CCOCc1nc2c(N)nc3cccc4c3c2n1CCO4.CCOCc1nc2c(N)nc3cccc4c3c2n1[C@@H](C(C)(C)O)CO4. The summed E-state index contributed by atoms with van der Waals surface area (Å²) in [6, 6.07) is 28.4. The molecule has 10 aromatic heterocycles. The maximum atomic E-state index is 10.8. The van der Waals surface area contributed by atoms with Crippen molar-refractivity contribution in [1.29, 1.82) is 0 Å². The molecule has 0 spiro atoms. The largest absolute Gasteiger partial charge is 0.493 e. The minimum absolute atomic E-state index is 0.0734. The molecule has 0 bridgehead atoms. The summed E-state index contributed by atoms with van der Waals surface area (Å²) in [6.07, 6.45) is 0.868. The lowest BCUT2D eigenvalue weighted by Crippen LogP contribution is -2.37. The normalized spacial score (nSPS) is 13.3. The maximum Gasteiger partial charge on any atom is 0.152 e. The third-order valence-corrected chi connectivity index (χ3v) is 20.0. The third-order valence-electron chi connectivity index (χ3n) is 20.0. The van der Waals surface area contributed by atoms with E-state index in [2.05, 4.69) is 49.4 Å². The van der Waals surface area contributed by atoms with Crippen molar-refractivity contribution in [1.82, 2.24) is 72.7 Å². The molecule has 0 saturated heterocycles. The van der Waals surface area contributed by atoms with Gasteiger partial charge >= 0.3 is 0 Å². The summed E-state index contributed by atoms with van der Waals surface area (Å²) >= 11 is 0. The number of hydrogen-bond acceptors (Lipinski definition) is 28. The van der Waals surface area contributed by atoms with E-state index >= 15 is 0 Å². The van der Waals surface area contributed by atoms with Gasteiger partial charge in [-0.3, -0.25) is 0 Å². The van der Waals surface area contributed by atoms with E-state index in [0.717, 1.165) is 147 Å². The number of nitrogens with zero attached hydrogens (tertiary/aromatic N) is 15. The van der Waals surface area contributed by atoms with Gasteiger partial charge in [-0.1, -0.05) is 30.3 Å². The van der Waals surface area contributed by atoms with Crippen LogP contribution in [-0.4, -0.2) is 166 Å². The number of benzene rings is 5. The van der Waals surface area contributed by atoms with Crippen LogP contribution in [0.1, 0.15) is 118 Å². The second kappa shape index (κ2) is 36.0. The number of anilines is 5. The van der Waals surface area contributed by atoms with Crippen LogP contribution in [0.5, 0.6) is 28.7 Å². The highest BCUT2D eigenvalue weighted by molar-refractivity contribution is 6.14. The monoisotopic (exact) mass is 1610 g/mol. The molecule has 15 aromatic rings. The van der Waals surface area contributed by atoms with E-state index in [1.54, 1.807) is 27.7 Å². The Morgan fingerprint density at radius 3 is 1.22 bits per heavy atom. The lowest BCUT2D eigenvalue weighted by atomic mass is 9.99. The van der Waals surface area contributed by atoms with Crippen LogP contribution in [0.15, 0.2) is 91.0 Å². The van der Waals surface area contributed by atoms with Gasteiger partial charge < -0.3 is 115 Å². The number of ether oxygens (including phenoxy) is 10. The van der Waals surface area contributed by atoms with Gasteiger partial charge in [-0.15, -0.1) is 0 Å². The standard InChI is InChI=1S/C18H22N4O3.C18H24N4O3.C17H23N5O2.C17H22N4O2.C15H16N4O2/c1-4-24-9-13-21-15-16-14-10(20-17(15)19)6-5-7-11(14)25-8-12(22(13)16)18(2,3)23;1-5-24-9-13-21-15-16(22(13)4)14-11(20-17(15)19)7-6-8-12(14)25-10-18(2,3)23;1-3-23-10-13-21-15-16(22(13)2)14-11(20-17(15)19)6-4-7-12(14)24-9-5-8-18;1-5-22-9-13-20-15-16(21(13)4)14-11(19-17(15)18)7-6-8-12(14)23-10(2)3;1-2-20-8-11-18-13-14-12-9(17-15(13)16)4-3-5-10(12)21-7-6-19(11)14/h5-7,12,23H,4,8-9H2,1-3H3,(H2,19,20);6-8,23H,5,9-10H2,1-4H3,(H2,19,20);4,6-7H,3,5,8-10,18H2,1-2H3,(H2,19,20);6-8,10H,5,9H2,1-4H3,(H2,18,19);3-5H,2,6-8H2,1H3,(H2,16,17)/t12-;;;;/m1..../s1. The maximum absolute atomic E-state index is 10.8. The first-order valence-corrected chi connectivity index (χ1v) is 39.7. The minimum atomic E-state index is -1.01. The van der Waals surface area contributed by atoms with Gasteiger partial charge in [-0.05, 0) is 150 Å². The highest BCUT2D eigenvalue weighted by Gasteiger charge is 2.37. The number of aromatic nitrogens is 15. The highest BCUT2D eigenvalue weighted by atomic mass is 16.5. The zero-order valence-electron chi connectivity index (χ0n) is 69.5. The molecule has 2 aliphatic rings. The van der Waals surface area contributed by atoms with Gasteiger partial charge in [0.1, 0.15) is 138 Å². The summed E-state index contributed by atoms with van der Waals surface area (Å²) in [5.74, 6) is 9.79. The van der Waals surface area contributed by atoms with Crippen molar-refractivity contribution in [3.8, 4) is 28.7 Å². The van der Waals surface area contributed by atoms with Gasteiger partial charge in [-0.2, -0.15) is 0 Å². The van der Waals surface area contributed by atoms with E-state index < -0.39 is 11.2 Å². The van der Waals surface area contributed by atoms with Crippen LogP contribution in [0.3, 0.4) is 0 Å². The first kappa shape index (κ1) is 84.1. The lowest BCUT2D eigenvalue weighted by molar-refractivity contribution is 0.00248. The number of aryl methyl sites for hydroxylation is 3. The topological polar surface area (TPSA) is 442 Å². The molecule has 0 amide bonds. The fourth-order valence-electron chi connectivity index (χ4n) is 14.5. The summed E-state index contributed by atoms with van der Waals surface area (Å²) < 4.78 is 67.4. The Hall–Kier alpha value is -11.8. The Morgan fingerprint density at radius 2 is 0.797 bits per heavy atom. The van der Waals surface area contributed by atoms with Crippen LogP contribution < -0.4 is 58.1 Å². The molecule has 0 radical (unpaired) electrons. The van der Waals surface area contributed by atoms with Crippen molar-refractivity contribution in [2.75, 3.05) is 94.7 Å². The van der Waals surface area contributed by atoms with E-state index in [4.69, 9.17) is 86.8 Å². The summed E-state index contributed by atoms with van der Waals surface area (Å²) in [5.41, 5.74) is 46.0. The van der Waals surface area contributed by atoms with E-state index in [0.29, 0.717) is 155 Å². The first-order valence-electron chi connectivity index (χ1n) is 39.7. The van der Waals surface area contributed by atoms with E-state index in [9.17, 15) is 10.2 Å². The lowest BCUT2D eigenvalue weighted by Gasteiger charge is -2.30. The molecule has 0 fully saturated rings. The number of nitrogen functional groups attached to an aromatic ring is 5. The zero-order valence-corrected chi connectivity index (χ0v) is 69.5. The molecule has 2 aliphatic heterocycles. The molecule has 12 heterocycles. The van der Waals surface area contributed by atoms with Crippen molar-refractivity contribution in [2.24, 2.45) is 26.9 Å². The molecule has 5 aromatic carbocycles. The quantitative estimate of drug-likeness (QED) is 0.0246. The van der Waals surface area contributed by atoms with Crippen molar-refractivity contribution >= 4 is 139 Å². The Kier molecular flexibility index (Phi) is 25.6. The number of nitrogens with two attached hydrogens (primary N) is 6. The van der Waals surface area contributed by atoms with Crippen LogP contribution in [0.2, 0.25) is 0 Å². The second-order valence-electron chi connectivity index (χ2n) is 29.8. The molecule has 0 saturated carbocycles. The molecule has 33 nitrogen and oxygen atoms in total. The summed E-state index contributed by atoms with van der Waals surface area (Å²) in [7, 11) is 5.85. The van der Waals surface area contributed by atoms with Crippen LogP contribution in [-0.2, 0) is 84.4 Å². The van der Waals surface area contributed by atoms with Crippen molar-refractivity contribution in [2.45, 2.75) is 146 Å². The first-order chi connectivity index (χ1) is 56.7. The number of aliphatic hydroxyl groups is 2. The summed E-state index contributed by atoms with van der Waals surface area (Å²) in [6.45, 7) is 28.9. The minimum Gasteiger partial charge on any atom is -0.493 e. The Balaban J connectivity index is 0.000000128. The summed E-state index contributed by atoms with van der Waals surface area (Å²) in [4.78, 5) is 45.5. The number of imidazole rings is 5. The molecule has 17 rings (SSSR count). The highest BCUT2D eigenvalue weighted by Crippen LogP contribution is 2.44. The number of fused-ring (bicyclic) bond motifs is 9. The third kappa shape index (κ3) is 17.2. The van der Waals surface area contributed by atoms with Gasteiger partial charge in [0.15, 0.2) is 29.1 Å². The van der Waals surface area contributed by atoms with E-state index in [1.165, 1.54) is 0 Å². The van der Waals surface area contributed by atoms with Gasteiger partial charge in [-0.25, -0.2) is 49.8 Å². The van der Waals surface area contributed by atoms with Gasteiger partial charge in [0.25, 0.3) is 0 Å². The van der Waals surface area contributed by atoms with Crippen LogP contribution >= 0.6 is 0 Å². The van der Waals surface area contributed by atoms with Crippen molar-refractivity contribution < 1.29 is 57.6 Å². The van der Waals surface area contributed by atoms with Gasteiger partial charge in [0.2, 0.25) is 0 Å². The average molecular weight is 1610 g/mol. The van der Waals surface area contributed by atoms with Crippen LogP contribution in [0.25, 0.3) is 110 Å². The van der Waals surface area contributed by atoms with E-state index in [1.807, 2.05) is 179 Å². The predicted octanol–water partition coefficient (Wildman–Crippen LogP) is 11.9. The number of rotatable bonds is 25.